The fourth-order valence-corrected chi connectivity index (χ4v) is 5.56. The third-order valence-corrected chi connectivity index (χ3v) is 7.69. The normalized spacial score (nSPS) is 19.1. The summed E-state index contributed by atoms with van der Waals surface area (Å²) in [4.78, 5) is 15.2. The van der Waals surface area contributed by atoms with Crippen molar-refractivity contribution in [2.45, 2.75) is 37.6 Å². The highest BCUT2D eigenvalue weighted by Gasteiger charge is 2.31. The van der Waals surface area contributed by atoms with E-state index in [9.17, 15) is 13.2 Å². The van der Waals surface area contributed by atoms with Crippen LogP contribution in [0, 0.1) is 13.8 Å². The minimum Gasteiger partial charge on any atom is -0.345 e. The molecule has 0 spiro atoms. The molecule has 2 fully saturated rings. The molecule has 2 aliphatic rings. The second kappa shape index (κ2) is 7.46. The van der Waals surface area contributed by atoms with Crippen molar-refractivity contribution in [2.24, 2.45) is 0 Å². The lowest BCUT2D eigenvalue weighted by molar-refractivity contribution is 0.0901. The van der Waals surface area contributed by atoms with Crippen molar-refractivity contribution in [3.05, 3.63) is 53.3 Å². The first-order valence-electron chi connectivity index (χ1n) is 9.87. The zero-order valence-electron chi connectivity index (χ0n) is 16.5. The van der Waals surface area contributed by atoms with Crippen LogP contribution in [0.5, 0.6) is 0 Å². The fraction of sp³-hybridized carbons (Fsp3) is 0.476. The number of piperazine rings is 1. The number of rotatable bonds is 6. The lowest BCUT2D eigenvalue weighted by Gasteiger charge is -2.33. The van der Waals surface area contributed by atoms with E-state index >= 15 is 0 Å². The Morgan fingerprint density at radius 3 is 2.29 bits per heavy atom. The van der Waals surface area contributed by atoms with Crippen LogP contribution in [0.4, 0.5) is 0 Å². The molecule has 1 aliphatic carbocycles. The summed E-state index contributed by atoms with van der Waals surface area (Å²) in [5.74, 6) is 0.124. The van der Waals surface area contributed by atoms with Crippen molar-refractivity contribution < 1.29 is 13.2 Å². The van der Waals surface area contributed by atoms with Gasteiger partial charge in [0.05, 0.1) is 11.4 Å². The van der Waals surface area contributed by atoms with Crippen LogP contribution in [0.1, 0.15) is 40.6 Å². The number of sulfonamides is 1. The van der Waals surface area contributed by atoms with Crippen molar-refractivity contribution in [3.63, 3.8) is 0 Å². The first kappa shape index (κ1) is 19.4. The molecule has 2 heterocycles. The molecule has 0 N–H and O–H groups in total. The van der Waals surface area contributed by atoms with Crippen LogP contribution in [0.15, 0.2) is 41.3 Å². The van der Waals surface area contributed by atoms with E-state index in [0.717, 1.165) is 17.0 Å². The maximum atomic E-state index is 12.9. The predicted octanol–water partition coefficient (Wildman–Crippen LogP) is 2.63. The molecule has 2 aromatic rings. The number of benzene rings is 1. The molecule has 1 aromatic carbocycles. The van der Waals surface area contributed by atoms with Crippen LogP contribution in [0.25, 0.3) is 0 Å². The zero-order chi connectivity index (χ0) is 19.9. The number of carbonyl (C=O) groups excluding carboxylic acids is 1. The molecule has 4 rings (SSSR count). The first-order valence-corrected chi connectivity index (χ1v) is 11.3. The van der Waals surface area contributed by atoms with Gasteiger partial charge < -0.3 is 4.57 Å². The van der Waals surface area contributed by atoms with Crippen LogP contribution < -0.4 is 0 Å². The number of Topliss-reactive ketones (excluding diaryl/α,β-unsaturated/α-hetero) is 1. The summed E-state index contributed by atoms with van der Waals surface area (Å²) < 4.78 is 29.3. The lowest BCUT2D eigenvalue weighted by atomic mass is 10.1. The topological polar surface area (TPSA) is 62.6 Å². The van der Waals surface area contributed by atoms with Gasteiger partial charge in [-0.1, -0.05) is 18.2 Å². The van der Waals surface area contributed by atoms with Crippen LogP contribution in [-0.4, -0.2) is 60.7 Å². The van der Waals surface area contributed by atoms with Crippen molar-refractivity contribution in [1.29, 1.82) is 0 Å². The molecule has 1 saturated carbocycles. The van der Waals surface area contributed by atoms with Crippen molar-refractivity contribution in [2.75, 3.05) is 32.7 Å². The molecule has 1 aromatic heterocycles. The Morgan fingerprint density at radius 2 is 1.68 bits per heavy atom. The third-order valence-electron chi connectivity index (χ3n) is 5.78. The SMILES string of the molecule is Cc1cc(C(=O)CN2CCN(S(=O)(=O)c3ccccc3)CC2)c(C)n1C1CC1. The standard InChI is InChI=1S/C21H27N3O3S/c1-16-14-20(17(2)24(16)18-8-9-18)21(25)15-22-10-12-23(13-11-22)28(26,27)19-6-4-3-5-7-19/h3-7,14,18H,8-13,15H2,1-2H3. The third kappa shape index (κ3) is 3.66. The monoisotopic (exact) mass is 401 g/mol. The number of ketones is 1. The lowest BCUT2D eigenvalue weighted by Crippen LogP contribution is -2.49. The quantitative estimate of drug-likeness (QED) is 0.698. The van der Waals surface area contributed by atoms with E-state index < -0.39 is 10.0 Å². The van der Waals surface area contributed by atoms with Gasteiger partial charge in [0.1, 0.15) is 0 Å². The Bertz CT molecular complexity index is 970. The summed E-state index contributed by atoms with van der Waals surface area (Å²) in [6, 6.07) is 11.1. The predicted molar refractivity (Wildman–Crippen MR) is 108 cm³/mol. The Kier molecular flexibility index (Phi) is 5.16. The van der Waals surface area contributed by atoms with E-state index in [4.69, 9.17) is 0 Å². The summed E-state index contributed by atoms with van der Waals surface area (Å²) in [6.07, 6.45) is 2.39. The van der Waals surface area contributed by atoms with Gasteiger partial charge in [0.25, 0.3) is 0 Å². The minimum atomic E-state index is -3.46. The summed E-state index contributed by atoms with van der Waals surface area (Å²) in [5.41, 5.74) is 3.03. The molecular weight excluding hydrogens is 374 g/mol. The van der Waals surface area contributed by atoms with Crippen molar-refractivity contribution >= 4 is 15.8 Å². The molecule has 0 unspecified atom stereocenters. The zero-order valence-corrected chi connectivity index (χ0v) is 17.3. The number of nitrogens with zero attached hydrogens (tertiary/aromatic N) is 3. The number of aromatic nitrogens is 1. The maximum absolute atomic E-state index is 12.9. The van der Waals surface area contributed by atoms with Gasteiger partial charge in [-0.3, -0.25) is 9.69 Å². The molecular formula is C21H27N3O3S. The van der Waals surface area contributed by atoms with E-state index in [2.05, 4.69) is 16.4 Å². The smallest absolute Gasteiger partial charge is 0.243 e. The van der Waals surface area contributed by atoms with Crippen LogP contribution >= 0.6 is 0 Å². The van der Waals surface area contributed by atoms with Crippen LogP contribution in [-0.2, 0) is 10.0 Å². The Hall–Kier alpha value is -1.96. The highest BCUT2D eigenvalue weighted by atomic mass is 32.2. The minimum absolute atomic E-state index is 0.124. The average molecular weight is 402 g/mol. The first-order chi connectivity index (χ1) is 13.4. The van der Waals surface area contributed by atoms with E-state index in [-0.39, 0.29) is 5.78 Å². The number of carbonyl (C=O) groups is 1. The summed E-state index contributed by atoms with van der Waals surface area (Å²) in [5, 5.41) is 0. The van der Waals surface area contributed by atoms with Gasteiger partial charge in [-0.15, -0.1) is 0 Å². The molecule has 28 heavy (non-hydrogen) atoms. The fourth-order valence-electron chi connectivity index (χ4n) is 4.11. The molecule has 0 bridgehead atoms. The van der Waals surface area contributed by atoms with E-state index in [1.54, 1.807) is 24.3 Å². The molecule has 150 valence electrons. The second-order valence-electron chi connectivity index (χ2n) is 7.80. The van der Waals surface area contributed by atoms with Crippen molar-refractivity contribution in [3.8, 4) is 0 Å². The Labute approximate surface area is 166 Å². The number of hydrogen-bond donors (Lipinski definition) is 0. The molecule has 6 nitrogen and oxygen atoms in total. The largest absolute Gasteiger partial charge is 0.345 e. The average Bonchev–Trinajstić information content (AvgIpc) is 3.47. The molecule has 0 atom stereocenters. The number of aryl methyl sites for hydroxylation is 1. The molecule has 0 radical (unpaired) electrons. The van der Waals surface area contributed by atoms with Gasteiger partial charge in [0.2, 0.25) is 10.0 Å². The Morgan fingerprint density at radius 1 is 1.04 bits per heavy atom. The second-order valence-corrected chi connectivity index (χ2v) is 9.74. The summed E-state index contributed by atoms with van der Waals surface area (Å²) in [7, 11) is -3.46. The number of hydrogen-bond acceptors (Lipinski definition) is 4. The van der Waals surface area contributed by atoms with Crippen LogP contribution in [0.2, 0.25) is 0 Å². The summed E-state index contributed by atoms with van der Waals surface area (Å²) >= 11 is 0. The summed E-state index contributed by atoms with van der Waals surface area (Å²) in [6.45, 7) is 6.39. The highest BCUT2D eigenvalue weighted by Crippen LogP contribution is 2.38. The van der Waals surface area contributed by atoms with Crippen LogP contribution in [0.3, 0.4) is 0 Å². The van der Waals surface area contributed by atoms with E-state index in [0.29, 0.717) is 43.7 Å². The van der Waals surface area contributed by atoms with Gasteiger partial charge in [0, 0.05) is 49.2 Å². The van der Waals surface area contributed by atoms with Gasteiger partial charge in [-0.05, 0) is 44.9 Å². The van der Waals surface area contributed by atoms with E-state index in [1.807, 2.05) is 19.1 Å². The molecule has 0 amide bonds. The molecule has 7 heteroatoms. The van der Waals surface area contributed by atoms with Gasteiger partial charge in [-0.2, -0.15) is 4.31 Å². The maximum Gasteiger partial charge on any atom is 0.243 e. The van der Waals surface area contributed by atoms with Gasteiger partial charge in [-0.25, -0.2) is 8.42 Å². The van der Waals surface area contributed by atoms with Crippen molar-refractivity contribution in [1.82, 2.24) is 13.8 Å². The molecule has 1 aliphatic heterocycles. The van der Waals surface area contributed by atoms with Gasteiger partial charge in [0.15, 0.2) is 5.78 Å². The molecule has 1 saturated heterocycles. The van der Waals surface area contributed by atoms with Gasteiger partial charge >= 0.3 is 0 Å². The van der Waals surface area contributed by atoms with E-state index in [1.165, 1.54) is 17.1 Å². The highest BCUT2D eigenvalue weighted by molar-refractivity contribution is 7.89. The Balaban J connectivity index is 1.38.